The van der Waals surface area contributed by atoms with Gasteiger partial charge in [0.15, 0.2) is 0 Å². The van der Waals surface area contributed by atoms with Gasteiger partial charge in [-0.25, -0.2) is 0 Å². The van der Waals surface area contributed by atoms with E-state index in [1.165, 1.54) is 5.56 Å². The monoisotopic (exact) mass is 215 g/mol. The Labute approximate surface area is 94.3 Å². The van der Waals surface area contributed by atoms with Crippen molar-refractivity contribution in [1.82, 2.24) is 15.2 Å². The van der Waals surface area contributed by atoms with Crippen LogP contribution in [-0.2, 0) is 11.3 Å². The third kappa shape index (κ3) is 2.70. The maximum atomic E-state index is 10.3. The summed E-state index contributed by atoms with van der Waals surface area (Å²) >= 11 is 0. The molecule has 0 fully saturated rings. The summed E-state index contributed by atoms with van der Waals surface area (Å²) in [7, 11) is 0. The Balaban J connectivity index is 2.02. The molecule has 0 radical (unpaired) electrons. The van der Waals surface area contributed by atoms with Crippen molar-refractivity contribution in [2.75, 3.05) is 0 Å². The average molecular weight is 215 g/mol. The van der Waals surface area contributed by atoms with Gasteiger partial charge >= 0.3 is 0 Å². The minimum atomic E-state index is 0.704. The predicted molar refractivity (Wildman–Crippen MR) is 60.8 cm³/mol. The van der Waals surface area contributed by atoms with Crippen LogP contribution in [0, 0.1) is 0 Å². The van der Waals surface area contributed by atoms with Crippen LogP contribution in [0.15, 0.2) is 48.7 Å². The molecule has 1 aliphatic rings. The van der Waals surface area contributed by atoms with Gasteiger partial charge in [0.25, 0.3) is 0 Å². The van der Waals surface area contributed by atoms with E-state index in [-0.39, 0.29) is 0 Å². The van der Waals surface area contributed by atoms with Crippen molar-refractivity contribution in [3.05, 3.63) is 54.3 Å². The van der Waals surface area contributed by atoms with Gasteiger partial charge in [0, 0.05) is 43.5 Å². The Hall–Kier alpha value is -2.10. The third-order valence-electron chi connectivity index (χ3n) is 2.32. The molecule has 16 heavy (non-hydrogen) atoms. The van der Waals surface area contributed by atoms with Gasteiger partial charge in [-0.15, -0.1) is 0 Å². The fourth-order valence-electron chi connectivity index (χ4n) is 1.58. The maximum Gasteiger partial charge on any atom is 0.211 e. The van der Waals surface area contributed by atoms with Gasteiger partial charge in [-0.2, -0.15) is 0 Å². The number of hydrogen-bond donors (Lipinski definition) is 1. The number of nitrogens with one attached hydrogen (secondary N) is 1. The van der Waals surface area contributed by atoms with Gasteiger partial charge in [-0.3, -0.25) is 9.78 Å². The summed E-state index contributed by atoms with van der Waals surface area (Å²) in [5, 5.41) is 2.68. The van der Waals surface area contributed by atoms with Crippen molar-refractivity contribution in [1.29, 1.82) is 0 Å². The topological polar surface area (TPSA) is 45.2 Å². The molecule has 1 amide bonds. The highest BCUT2D eigenvalue weighted by Crippen LogP contribution is 2.12. The highest BCUT2D eigenvalue weighted by molar-refractivity contribution is 5.50. The molecule has 0 unspecified atom stereocenters. The van der Waals surface area contributed by atoms with E-state index in [2.05, 4.69) is 10.3 Å². The van der Waals surface area contributed by atoms with E-state index in [0.717, 1.165) is 18.7 Å². The van der Waals surface area contributed by atoms with Gasteiger partial charge in [-0.1, -0.05) is 6.08 Å². The highest BCUT2D eigenvalue weighted by atomic mass is 16.1. The van der Waals surface area contributed by atoms with Crippen LogP contribution >= 0.6 is 0 Å². The molecular weight excluding hydrogens is 202 g/mol. The van der Waals surface area contributed by atoms with Crippen molar-refractivity contribution >= 4 is 6.41 Å². The minimum absolute atomic E-state index is 0.704. The molecule has 4 nitrogen and oxygen atoms in total. The number of aromatic nitrogens is 1. The van der Waals surface area contributed by atoms with Crippen molar-refractivity contribution in [3.8, 4) is 0 Å². The first-order valence-electron chi connectivity index (χ1n) is 5.10. The van der Waals surface area contributed by atoms with Crippen LogP contribution in [0.3, 0.4) is 0 Å². The number of amides is 1. The standard InChI is InChI=1S/C12H13N3O/c16-10-14-12-2-1-7-15(9-12)8-11-3-5-13-6-4-11/h1,3-7,9-10H,2,8H2,(H,14,16). The Bertz CT molecular complexity index is 408. The molecular formula is C12H13N3O. The molecule has 2 rings (SSSR count). The molecule has 1 aromatic heterocycles. The van der Waals surface area contributed by atoms with Gasteiger partial charge < -0.3 is 10.2 Å². The zero-order valence-electron chi connectivity index (χ0n) is 8.84. The van der Waals surface area contributed by atoms with E-state index in [4.69, 9.17) is 0 Å². The predicted octanol–water partition coefficient (Wildman–Crippen LogP) is 1.39. The number of pyridine rings is 1. The second-order valence-corrected chi connectivity index (χ2v) is 3.53. The summed E-state index contributed by atoms with van der Waals surface area (Å²) in [6, 6.07) is 3.95. The average Bonchev–Trinajstić information content (AvgIpc) is 2.31. The zero-order chi connectivity index (χ0) is 11.2. The molecule has 0 aromatic carbocycles. The molecule has 1 aromatic rings. The number of rotatable bonds is 4. The lowest BCUT2D eigenvalue weighted by Crippen LogP contribution is -2.19. The molecule has 4 heteroatoms. The number of hydrogen-bond acceptors (Lipinski definition) is 3. The SMILES string of the molecule is O=CNC1=CN(Cc2ccncc2)C=CC1. The summed E-state index contributed by atoms with van der Waals surface area (Å²) in [6.07, 6.45) is 11.0. The normalized spacial score (nSPS) is 14.5. The Kier molecular flexibility index (Phi) is 3.33. The van der Waals surface area contributed by atoms with Gasteiger partial charge in [-0.05, 0) is 17.7 Å². The molecule has 0 saturated carbocycles. The Morgan fingerprint density at radius 3 is 3.00 bits per heavy atom. The van der Waals surface area contributed by atoms with Crippen LogP contribution in [0.5, 0.6) is 0 Å². The van der Waals surface area contributed by atoms with Crippen molar-refractivity contribution < 1.29 is 4.79 Å². The fourth-order valence-corrected chi connectivity index (χ4v) is 1.58. The maximum absolute atomic E-state index is 10.3. The Morgan fingerprint density at radius 2 is 2.25 bits per heavy atom. The molecule has 0 spiro atoms. The van der Waals surface area contributed by atoms with Gasteiger partial charge in [0.2, 0.25) is 6.41 Å². The van der Waals surface area contributed by atoms with Crippen LogP contribution in [0.25, 0.3) is 0 Å². The molecule has 2 heterocycles. The number of allylic oxidation sites excluding steroid dienone is 1. The quantitative estimate of drug-likeness (QED) is 0.772. The first-order valence-corrected chi connectivity index (χ1v) is 5.10. The molecule has 1 aliphatic heterocycles. The lowest BCUT2D eigenvalue weighted by Gasteiger charge is -2.21. The minimum Gasteiger partial charge on any atom is -0.348 e. The van der Waals surface area contributed by atoms with Crippen LogP contribution < -0.4 is 5.32 Å². The van der Waals surface area contributed by atoms with Gasteiger partial charge in [0.05, 0.1) is 0 Å². The first-order chi connectivity index (χ1) is 7.88. The van der Waals surface area contributed by atoms with Crippen molar-refractivity contribution in [2.45, 2.75) is 13.0 Å². The summed E-state index contributed by atoms with van der Waals surface area (Å²) in [6.45, 7) is 0.781. The van der Waals surface area contributed by atoms with Crippen molar-refractivity contribution in [2.24, 2.45) is 0 Å². The van der Waals surface area contributed by atoms with E-state index in [9.17, 15) is 4.79 Å². The van der Waals surface area contributed by atoms with Gasteiger partial charge in [0.1, 0.15) is 0 Å². The summed E-state index contributed by atoms with van der Waals surface area (Å²) < 4.78 is 0. The second-order valence-electron chi connectivity index (χ2n) is 3.53. The number of nitrogens with zero attached hydrogens (tertiary/aromatic N) is 2. The van der Waals surface area contributed by atoms with Crippen molar-refractivity contribution in [3.63, 3.8) is 0 Å². The Morgan fingerprint density at radius 1 is 1.44 bits per heavy atom. The van der Waals surface area contributed by atoms with E-state index in [1.54, 1.807) is 12.4 Å². The second kappa shape index (κ2) is 5.11. The highest BCUT2D eigenvalue weighted by Gasteiger charge is 2.04. The summed E-state index contributed by atoms with van der Waals surface area (Å²) in [4.78, 5) is 16.3. The van der Waals surface area contributed by atoms with Crippen LogP contribution in [-0.4, -0.2) is 16.3 Å². The zero-order valence-corrected chi connectivity index (χ0v) is 8.84. The van der Waals surface area contributed by atoms with Crippen LogP contribution in [0.2, 0.25) is 0 Å². The van der Waals surface area contributed by atoms with Crippen LogP contribution in [0.4, 0.5) is 0 Å². The van der Waals surface area contributed by atoms with E-state index >= 15 is 0 Å². The molecule has 0 bridgehead atoms. The van der Waals surface area contributed by atoms with Crippen LogP contribution in [0.1, 0.15) is 12.0 Å². The number of carbonyl (C=O) groups is 1. The largest absolute Gasteiger partial charge is 0.348 e. The molecule has 0 aliphatic carbocycles. The third-order valence-corrected chi connectivity index (χ3v) is 2.32. The molecule has 82 valence electrons. The van der Waals surface area contributed by atoms with E-state index < -0.39 is 0 Å². The molecule has 0 saturated heterocycles. The lowest BCUT2D eigenvalue weighted by molar-refractivity contribution is -0.109. The number of carbonyl (C=O) groups excluding carboxylic acids is 1. The van der Waals surface area contributed by atoms with E-state index in [1.807, 2.05) is 35.5 Å². The summed E-state index contributed by atoms with van der Waals surface area (Å²) in [5.41, 5.74) is 2.09. The first kappa shape index (κ1) is 10.4. The molecule has 0 atom stereocenters. The summed E-state index contributed by atoms with van der Waals surface area (Å²) in [5.74, 6) is 0. The fraction of sp³-hybridized carbons (Fsp3) is 0.167. The lowest BCUT2D eigenvalue weighted by atomic mass is 10.2. The van der Waals surface area contributed by atoms with E-state index in [0.29, 0.717) is 6.41 Å². The molecule has 1 N–H and O–H groups in total. The smallest absolute Gasteiger partial charge is 0.211 e.